The molecule has 1 saturated carbocycles. The summed E-state index contributed by atoms with van der Waals surface area (Å²) in [7, 11) is 0. The smallest absolute Gasteiger partial charge is 0.197 e. The molecule has 1 aliphatic rings. The van der Waals surface area contributed by atoms with Crippen molar-refractivity contribution in [3.63, 3.8) is 0 Å². The first kappa shape index (κ1) is 13.2. The molecule has 0 heterocycles. The van der Waals surface area contributed by atoms with Crippen molar-refractivity contribution in [3.8, 4) is 5.75 Å². The van der Waals surface area contributed by atoms with Gasteiger partial charge in [-0.15, -0.1) is 0 Å². The van der Waals surface area contributed by atoms with Gasteiger partial charge in [-0.25, -0.2) is 0 Å². The summed E-state index contributed by atoms with van der Waals surface area (Å²) in [6.45, 7) is 5.70. The Morgan fingerprint density at radius 2 is 1.83 bits per heavy atom. The van der Waals surface area contributed by atoms with E-state index < -0.39 is 0 Å². The monoisotopic (exact) mass is 246 g/mol. The van der Waals surface area contributed by atoms with Crippen LogP contribution in [-0.4, -0.2) is 12.4 Å². The maximum Gasteiger partial charge on any atom is 0.197 e. The Bertz CT molecular complexity index is 363. The summed E-state index contributed by atoms with van der Waals surface area (Å²) in [6, 6.07) is 7.90. The highest BCUT2D eigenvalue weighted by atomic mass is 16.7. The molecular formula is C16H22O2. The van der Waals surface area contributed by atoms with Gasteiger partial charge in [0.25, 0.3) is 0 Å². The van der Waals surface area contributed by atoms with E-state index in [9.17, 15) is 0 Å². The van der Waals surface area contributed by atoms with Gasteiger partial charge < -0.3 is 9.47 Å². The van der Waals surface area contributed by atoms with E-state index in [2.05, 4.69) is 6.58 Å². The van der Waals surface area contributed by atoms with Gasteiger partial charge in [0.1, 0.15) is 5.75 Å². The Kier molecular flexibility index (Phi) is 4.82. The van der Waals surface area contributed by atoms with Crippen LogP contribution in [0.25, 0.3) is 6.08 Å². The SMILES string of the molecule is C=Cc1ccc(OC(C)OC2CCCCC2)cc1. The highest BCUT2D eigenvalue weighted by Crippen LogP contribution is 2.22. The van der Waals surface area contributed by atoms with E-state index in [0.29, 0.717) is 6.10 Å². The van der Waals surface area contributed by atoms with Crippen molar-refractivity contribution in [3.05, 3.63) is 36.4 Å². The summed E-state index contributed by atoms with van der Waals surface area (Å²) in [5, 5.41) is 0. The second kappa shape index (κ2) is 6.60. The summed E-state index contributed by atoms with van der Waals surface area (Å²) in [5.41, 5.74) is 1.10. The maximum absolute atomic E-state index is 5.91. The molecule has 0 amide bonds. The zero-order valence-corrected chi connectivity index (χ0v) is 11.1. The van der Waals surface area contributed by atoms with E-state index in [1.54, 1.807) is 0 Å². The largest absolute Gasteiger partial charge is 0.465 e. The summed E-state index contributed by atoms with van der Waals surface area (Å²) < 4.78 is 11.7. The minimum Gasteiger partial charge on any atom is -0.465 e. The molecule has 0 radical (unpaired) electrons. The zero-order chi connectivity index (χ0) is 12.8. The lowest BCUT2D eigenvalue weighted by molar-refractivity contribution is -0.116. The lowest BCUT2D eigenvalue weighted by Gasteiger charge is -2.26. The van der Waals surface area contributed by atoms with Gasteiger partial charge in [0, 0.05) is 0 Å². The van der Waals surface area contributed by atoms with Crippen molar-refractivity contribution in [1.29, 1.82) is 0 Å². The first-order valence-corrected chi connectivity index (χ1v) is 6.82. The predicted octanol–water partition coefficient (Wildman–Crippen LogP) is 4.40. The normalized spacial score (nSPS) is 18.3. The highest BCUT2D eigenvalue weighted by molar-refractivity contribution is 5.48. The molecule has 1 aliphatic carbocycles. The Balaban J connectivity index is 1.81. The van der Waals surface area contributed by atoms with E-state index in [1.165, 1.54) is 32.1 Å². The Hall–Kier alpha value is -1.28. The van der Waals surface area contributed by atoms with Gasteiger partial charge >= 0.3 is 0 Å². The van der Waals surface area contributed by atoms with Crippen LogP contribution in [0.4, 0.5) is 0 Å². The van der Waals surface area contributed by atoms with Crippen LogP contribution in [0.3, 0.4) is 0 Å². The summed E-state index contributed by atoms with van der Waals surface area (Å²) in [4.78, 5) is 0. The quantitative estimate of drug-likeness (QED) is 0.717. The number of ether oxygens (including phenoxy) is 2. The summed E-state index contributed by atoms with van der Waals surface area (Å²) in [6.07, 6.45) is 8.27. The summed E-state index contributed by atoms with van der Waals surface area (Å²) in [5.74, 6) is 0.851. The maximum atomic E-state index is 5.91. The number of rotatable bonds is 5. The number of hydrogen-bond donors (Lipinski definition) is 0. The van der Waals surface area contributed by atoms with Gasteiger partial charge in [-0.05, 0) is 37.5 Å². The molecule has 0 spiro atoms. The van der Waals surface area contributed by atoms with Crippen LogP contribution in [0.1, 0.15) is 44.6 Å². The third-order valence-corrected chi connectivity index (χ3v) is 3.35. The molecular weight excluding hydrogens is 224 g/mol. The Labute approximate surface area is 110 Å². The molecule has 18 heavy (non-hydrogen) atoms. The van der Waals surface area contributed by atoms with E-state index in [1.807, 2.05) is 37.3 Å². The van der Waals surface area contributed by atoms with Gasteiger partial charge in [0.2, 0.25) is 0 Å². The molecule has 0 N–H and O–H groups in total. The molecule has 0 saturated heterocycles. The number of benzene rings is 1. The fourth-order valence-electron chi connectivity index (χ4n) is 2.37. The summed E-state index contributed by atoms with van der Waals surface area (Å²) >= 11 is 0. The van der Waals surface area contributed by atoms with Crippen LogP contribution in [0.2, 0.25) is 0 Å². The fraction of sp³-hybridized carbons (Fsp3) is 0.500. The molecule has 1 aromatic carbocycles. The molecule has 0 aliphatic heterocycles. The lowest BCUT2D eigenvalue weighted by atomic mass is 9.98. The van der Waals surface area contributed by atoms with Crippen LogP contribution in [-0.2, 0) is 4.74 Å². The molecule has 2 nitrogen and oxygen atoms in total. The third kappa shape index (κ3) is 3.88. The third-order valence-electron chi connectivity index (χ3n) is 3.35. The van der Waals surface area contributed by atoms with E-state index in [0.717, 1.165) is 11.3 Å². The minimum atomic E-state index is -0.178. The lowest BCUT2D eigenvalue weighted by Crippen LogP contribution is -2.26. The molecule has 0 aromatic heterocycles. The van der Waals surface area contributed by atoms with Gasteiger partial charge in [-0.1, -0.05) is 44.1 Å². The van der Waals surface area contributed by atoms with Gasteiger partial charge in [0.15, 0.2) is 6.29 Å². The van der Waals surface area contributed by atoms with Gasteiger partial charge in [-0.2, -0.15) is 0 Å². The first-order chi connectivity index (χ1) is 8.78. The number of hydrogen-bond acceptors (Lipinski definition) is 2. The van der Waals surface area contributed by atoms with E-state index in [-0.39, 0.29) is 6.29 Å². The van der Waals surface area contributed by atoms with Crippen LogP contribution in [0.15, 0.2) is 30.8 Å². The predicted molar refractivity (Wildman–Crippen MR) is 74.6 cm³/mol. The average Bonchev–Trinajstić information content (AvgIpc) is 2.40. The van der Waals surface area contributed by atoms with Gasteiger partial charge in [-0.3, -0.25) is 0 Å². The Morgan fingerprint density at radius 1 is 1.17 bits per heavy atom. The zero-order valence-electron chi connectivity index (χ0n) is 11.1. The molecule has 1 unspecified atom stereocenters. The van der Waals surface area contributed by atoms with Crippen molar-refractivity contribution < 1.29 is 9.47 Å². The van der Waals surface area contributed by atoms with Crippen LogP contribution in [0.5, 0.6) is 5.75 Å². The van der Waals surface area contributed by atoms with Crippen molar-refractivity contribution >= 4 is 6.08 Å². The van der Waals surface area contributed by atoms with Crippen LogP contribution >= 0.6 is 0 Å². The van der Waals surface area contributed by atoms with Gasteiger partial charge in [0.05, 0.1) is 6.10 Å². The minimum absolute atomic E-state index is 0.178. The van der Waals surface area contributed by atoms with Crippen molar-refractivity contribution in [2.24, 2.45) is 0 Å². The first-order valence-electron chi connectivity index (χ1n) is 6.82. The topological polar surface area (TPSA) is 18.5 Å². The molecule has 0 bridgehead atoms. The van der Waals surface area contributed by atoms with Crippen LogP contribution in [0, 0.1) is 0 Å². The Morgan fingerprint density at radius 3 is 2.44 bits per heavy atom. The second-order valence-electron chi connectivity index (χ2n) is 4.85. The molecule has 1 aromatic rings. The highest BCUT2D eigenvalue weighted by Gasteiger charge is 2.17. The average molecular weight is 246 g/mol. The van der Waals surface area contributed by atoms with Crippen molar-refractivity contribution in [2.45, 2.75) is 51.4 Å². The molecule has 1 fully saturated rings. The van der Waals surface area contributed by atoms with Crippen LogP contribution < -0.4 is 4.74 Å². The molecule has 2 heteroatoms. The fourth-order valence-corrected chi connectivity index (χ4v) is 2.37. The molecule has 1 atom stereocenters. The molecule has 2 rings (SSSR count). The van der Waals surface area contributed by atoms with E-state index >= 15 is 0 Å². The van der Waals surface area contributed by atoms with Crippen molar-refractivity contribution in [1.82, 2.24) is 0 Å². The standard InChI is InChI=1S/C16H22O2/c1-3-14-9-11-16(12-10-14)18-13(2)17-15-7-5-4-6-8-15/h3,9-13,15H,1,4-8H2,2H3. The van der Waals surface area contributed by atoms with E-state index in [4.69, 9.17) is 9.47 Å². The second-order valence-corrected chi connectivity index (χ2v) is 4.85. The van der Waals surface area contributed by atoms with Crippen molar-refractivity contribution in [2.75, 3.05) is 0 Å². The molecule has 98 valence electrons.